The van der Waals surface area contributed by atoms with Gasteiger partial charge in [0.1, 0.15) is 0 Å². The van der Waals surface area contributed by atoms with Crippen molar-refractivity contribution >= 4 is 0 Å². The lowest BCUT2D eigenvalue weighted by molar-refractivity contribution is -0.108. The predicted octanol–water partition coefficient (Wildman–Crippen LogP) is 5.84. The highest BCUT2D eigenvalue weighted by Gasteiger charge is 2.36. The molecular formula is C20H36O. The van der Waals surface area contributed by atoms with Crippen molar-refractivity contribution in [3.05, 3.63) is 12.2 Å². The van der Waals surface area contributed by atoms with Gasteiger partial charge in [-0.1, -0.05) is 46.3 Å². The van der Waals surface area contributed by atoms with Crippen LogP contribution < -0.4 is 0 Å². The number of allylic oxidation sites excluding steroid dienone is 1. The quantitative estimate of drug-likeness (QED) is 0.591. The molecule has 0 N–H and O–H groups in total. The summed E-state index contributed by atoms with van der Waals surface area (Å²) in [6.07, 6.45) is 8.72. The summed E-state index contributed by atoms with van der Waals surface area (Å²) in [6.45, 7) is 15.9. The molecule has 122 valence electrons. The molecule has 0 saturated heterocycles. The summed E-state index contributed by atoms with van der Waals surface area (Å²) in [5, 5.41) is 0. The van der Waals surface area contributed by atoms with E-state index in [0.29, 0.717) is 18.1 Å². The largest absolute Gasteiger partial charge is 0.374 e. The molecule has 0 bridgehead atoms. The normalized spacial score (nSPS) is 44.5. The van der Waals surface area contributed by atoms with Crippen molar-refractivity contribution in [1.29, 1.82) is 0 Å². The molecule has 2 rings (SSSR count). The van der Waals surface area contributed by atoms with E-state index in [2.05, 4.69) is 41.2 Å². The second-order valence-electron chi connectivity index (χ2n) is 8.14. The highest BCUT2D eigenvalue weighted by Crippen LogP contribution is 2.40. The van der Waals surface area contributed by atoms with E-state index in [-0.39, 0.29) is 0 Å². The highest BCUT2D eigenvalue weighted by atomic mass is 16.5. The third-order valence-corrected chi connectivity index (χ3v) is 6.38. The molecule has 0 spiro atoms. The van der Waals surface area contributed by atoms with Crippen LogP contribution in [0.2, 0.25) is 0 Å². The van der Waals surface area contributed by atoms with Crippen LogP contribution in [0.1, 0.15) is 73.1 Å². The smallest absolute Gasteiger partial charge is 0.0607 e. The molecule has 2 saturated carbocycles. The van der Waals surface area contributed by atoms with Crippen molar-refractivity contribution in [2.45, 2.75) is 85.4 Å². The van der Waals surface area contributed by atoms with Crippen LogP contribution in [0.15, 0.2) is 12.2 Å². The average Bonchev–Trinajstić information content (AvgIpc) is 2.44. The molecule has 2 aliphatic rings. The fraction of sp³-hybridized carbons (Fsp3) is 0.900. The first kappa shape index (κ1) is 17.1. The summed E-state index contributed by atoms with van der Waals surface area (Å²) in [5.74, 6) is 3.89. The Labute approximate surface area is 132 Å². The van der Waals surface area contributed by atoms with Crippen LogP contribution in [0.5, 0.6) is 0 Å². The number of rotatable bonds is 4. The zero-order valence-electron chi connectivity index (χ0n) is 14.9. The molecule has 0 aliphatic heterocycles. The first-order valence-electron chi connectivity index (χ1n) is 9.23. The summed E-state index contributed by atoms with van der Waals surface area (Å²) in [5.41, 5.74) is 1.37. The van der Waals surface area contributed by atoms with E-state index in [0.717, 1.165) is 23.7 Å². The van der Waals surface area contributed by atoms with E-state index in [9.17, 15) is 0 Å². The minimum Gasteiger partial charge on any atom is -0.374 e. The summed E-state index contributed by atoms with van der Waals surface area (Å²) >= 11 is 0. The fourth-order valence-electron chi connectivity index (χ4n) is 4.65. The van der Waals surface area contributed by atoms with Gasteiger partial charge in [-0.05, 0) is 68.6 Å². The summed E-state index contributed by atoms with van der Waals surface area (Å²) in [4.78, 5) is 0. The number of hydrogen-bond acceptors (Lipinski definition) is 1. The first-order valence-corrected chi connectivity index (χ1v) is 9.23. The molecule has 0 amide bonds. The van der Waals surface area contributed by atoms with Gasteiger partial charge in [0, 0.05) is 0 Å². The van der Waals surface area contributed by atoms with Crippen molar-refractivity contribution in [2.75, 3.05) is 0 Å². The van der Waals surface area contributed by atoms with Gasteiger partial charge < -0.3 is 4.74 Å². The van der Waals surface area contributed by atoms with Crippen molar-refractivity contribution in [1.82, 2.24) is 0 Å². The van der Waals surface area contributed by atoms with E-state index in [1.165, 1.54) is 44.1 Å². The Balaban J connectivity index is 1.88. The third-order valence-electron chi connectivity index (χ3n) is 6.38. The van der Waals surface area contributed by atoms with E-state index in [1.807, 2.05) is 0 Å². The lowest BCUT2D eigenvalue weighted by Gasteiger charge is -2.43. The van der Waals surface area contributed by atoms with Gasteiger partial charge in [0.15, 0.2) is 0 Å². The van der Waals surface area contributed by atoms with Gasteiger partial charge in [-0.3, -0.25) is 0 Å². The molecule has 0 aromatic rings. The average molecular weight is 293 g/mol. The van der Waals surface area contributed by atoms with Crippen molar-refractivity contribution in [3.63, 3.8) is 0 Å². The minimum absolute atomic E-state index is 0.485. The first-order chi connectivity index (χ1) is 9.92. The molecule has 0 aromatic heterocycles. The van der Waals surface area contributed by atoms with Crippen LogP contribution in [-0.2, 0) is 4.74 Å². The molecule has 0 aromatic carbocycles. The van der Waals surface area contributed by atoms with Gasteiger partial charge in [0.2, 0.25) is 0 Å². The Hall–Kier alpha value is -0.300. The van der Waals surface area contributed by atoms with Gasteiger partial charge in [0.25, 0.3) is 0 Å². The van der Waals surface area contributed by atoms with Gasteiger partial charge in [0.05, 0.1) is 12.2 Å². The highest BCUT2D eigenvalue weighted by molar-refractivity contribution is 4.99. The Morgan fingerprint density at radius 1 is 0.952 bits per heavy atom. The Morgan fingerprint density at radius 2 is 1.62 bits per heavy atom. The van der Waals surface area contributed by atoms with E-state index in [4.69, 9.17) is 4.74 Å². The lowest BCUT2D eigenvalue weighted by Crippen LogP contribution is -2.40. The van der Waals surface area contributed by atoms with Gasteiger partial charge >= 0.3 is 0 Å². The maximum Gasteiger partial charge on any atom is 0.0607 e. The zero-order chi connectivity index (χ0) is 15.6. The molecule has 1 heteroatoms. The standard InChI is InChI=1S/C20H36O/c1-7-17-10-16(6)20(12-14(17)4)21-19-9-8-18(13(2)3)11-15(19)5/h14-20H,2,7-12H2,1,3-6H3. The maximum atomic E-state index is 6.62. The molecule has 2 aliphatic carbocycles. The molecule has 7 unspecified atom stereocenters. The number of ether oxygens (including phenoxy) is 1. The fourth-order valence-corrected chi connectivity index (χ4v) is 4.65. The van der Waals surface area contributed by atoms with E-state index >= 15 is 0 Å². The minimum atomic E-state index is 0.485. The van der Waals surface area contributed by atoms with Crippen LogP contribution in [0.4, 0.5) is 0 Å². The molecule has 21 heavy (non-hydrogen) atoms. The summed E-state index contributed by atoms with van der Waals surface area (Å²) in [6, 6.07) is 0. The second kappa shape index (κ2) is 7.31. The summed E-state index contributed by atoms with van der Waals surface area (Å²) < 4.78 is 6.62. The molecule has 2 fully saturated rings. The van der Waals surface area contributed by atoms with Crippen molar-refractivity contribution in [2.24, 2.45) is 29.6 Å². The molecule has 1 nitrogen and oxygen atoms in total. The molecular weight excluding hydrogens is 256 g/mol. The van der Waals surface area contributed by atoms with E-state index < -0.39 is 0 Å². The molecule has 0 heterocycles. The zero-order valence-corrected chi connectivity index (χ0v) is 14.9. The monoisotopic (exact) mass is 292 g/mol. The topological polar surface area (TPSA) is 9.23 Å². The van der Waals surface area contributed by atoms with Crippen LogP contribution >= 0.6 is 0 Å². The summed E-state index contributed by atoms with van der Waals surface area (Å²) in [7, 11) is 0. The third kappa shape index (κ3) is 4.12. The predicted molar refractivity (Wildman–Crippen MR) is 91.3 cm³/mol. The van der Waals surface area contributed by atoms with Gasteiger partial charge in [-0.25, -0.2) is 0 Å². The van der Waals surface area contributed by atoms with Gasteiger partial charge in [-0.15, -0.1) is 0 Å². The lowest BCUT2D eigenvalue weighted by atomic mass is 9.72. The number of hydrogen-bond donors (Lipinski definition) is 0. The molecule has 7 atom stereocenters. The van der Waals surface area contributed by atoms with Crippen molar-refractivity contribution < 1.29 is 4.74 Å². The van der Waals surface area contributed by atoms with Gasteiger partial charge in [-0.2, -0.15) is 0 Å². The Morgan fingerprint density at radius 3 is 2.19 bits per heavy atom. The van der Waals surface area contributed by atoms with E-state index in [1.54, 1.807) is 0 Å². The SMILES string of the molecule is C=C(C)C1CCC(OC2CC(C)C(CC)CC2C)C(C)C1. The molecule has 0 radical (unpaired) electrons. The van der Waals surface area contributed by atoms with Crippen LogP contribution in [0.3, 0.4) is 0 Å². The van der Waals surface area contributed by atoms with Crippen LogP contribution in [0.25, 0.3) is 0 Å². The van der Waals surface area contributed by atoms with Crippen molar-refractivity contribution in [3.8, 4) is 0 Å². The van der Waals surface area contributed by atoms with Crippen LogP contribution in [0, 0.1) is 29.6 Å². The maximum absolute atomic E-state index is 6.62. The Kier molecular flexibility index (Phi) is 5.94. The van der Waals surface area contributed by atoms with Crippen LogP contribution in [-0.4, -0.2) is 12.2 Å². The second-order valence-corrected chi connectivity index (χ2v) is 8.14. The Bertz CT molecular complexity index is 348.